The van der Waals surface area contributed by atoms with Gasteiger partial charge in [-0.3, -0.25) is 14.6 Å². The summed E-state index contributed by atoms with van der Waals surface area (Å²) in [7, 11) is 0. The first-order chi connectivity index (χ1) is 13.2. The van der Waals surface area contributed by atoms with Gasteiger partial charge in [-0.05, 0) is 30.3 Å². The Labute approximate surface area is 157 Å². The molecule has 2 aromatic heterocycles. The van der Waals surface area contributed by atoms with Gasteiger partial charge in [0.2, 0.25) is 5.91 Å². The second-order valence-corrected chi connectivity index (χ2v) is 6.81. The number of hydrogen-bond donors (Lipinski definition) is 1. The predicted molar refractivity (Wildman–Crippen MR) is 102 cm³/mol. The number of anilines is 1. The Balaban J connectivity index is 1.25. The molecule has 4 rings (SSSR count). The summed E-state index contributed by atoms with van der Waals surface area (Å²) in [5, 5.41) is 2.75. The molecule has 27 heavy (non-hydrogen) atoms. The van der Waals surface area contributed by atoms with Crippen molar-refractivity contribution in [3.8, 4) is 0 Å². The molecule has 0 saturated carbocycles. The number of imidazole rings is 1. The number of carbonyl (C=O) groups excluding carboxylic acids is 1. The van der Waals surface area contributed by atoms with Gasteiger partial charge in [-0.2, -0.15) is 0 Å². The van der Waals surface area contributed by atoms with Crippen molar-refractivity contribution in [1.29, 1.82) is 0 Å². The van der Waals surface area contributed by atoms with Gasteiger partial charge in [0, 0.05) is 50.8 Å². The Morgan fingerprint density at radius 3 is 2.67 bits per heavy atom. The third-order valence-electron chi connectivity index (χ3n) is 4.74. The number of nitrogens with zero attached hydrogens (tertiary/aromatic N) is 4. The standard InChI is InChI=1S/C20H22FN5O/c21-16-4-3-5-17(12-16)23-20(27)15-25-10-8-24(9-11-25)13-18-14-26-7-2-1-6-19(26)22-18/h1-7,12,14H,8-11,13,15H2,(H,23,27). The molecule has 1 saturated heterocycles. The number of amides is 1. The van der Waals surface area contributed by atoms with Crippen molar-refractivity contribution >= 4 is 17.2 Å². The molecule has 6 nitrogen and oxygen atoms in total. The zero-order chi connectivity index (χ0) is 18.6. The smallest absolute Gasteiger partial charge is 0.238 e. The minimum Gasteiger partial charge on any atom is -0.325 e. The van der Waals surface area contributed by atoms with E-state index in [9.17, 15) is 9.18 Å². The van der Waals surface area contributed by atoms with Gasteiger partial charge in [-0.1, -0.05) is 12.1 Å². The Morgan fingerprint density at radius 2 is 1.89 bits per heavy atom. The average Bonchev–Trinajstić information content (AvgIpc) is 3.05. The van der Waals surface area contributed by atoms with Crippen molar-refractivity contribution in [1.82, 2.24) is 19.2 Å². The second kappa shape index (κ2) is 7.85. The van der Waals surface area contributed by atoms with Gasteiger partial charge in [0.15, 0.2) is 0 Å². The summed E-state index contributed by atoms with van der Waals surface area (Å²) < 4.78 is 15.2. The summed E-state index contributed by atoms with van der Waals surface area (Å²) in [6.45, 7) is 4.56. The lowest BCUT2D eigenvalue weighted by molar-refractivity contribution is -0.117. The van der Waals surface area contributed by atoms with Gasteiger partial charge in [0.05, 0.1) is 12.2 Å². The van der Waals surface area contributed by atoms with E-state index in [0.717, 1.165) is 44.1 Å². The lowest BCUT2D eigenvalue weighted by Crippen LogP contribution is -2.48. The first-order valence-corrected chi connectivity index (χ1v) is 9.08. The lowest BCUT2D eigenvalue weighted by atomic mass is 10.2. The number of benzene rings is 1. The second-order valence-electron chi connectivity index (χ2n) is 6.81. The number of fused-ring (bicyclic) bond motifs is 1. The molecule has 1 aliphatic rings. The number of carbonyl (C=O) groups is 1. The normalized spacial score (nSPS) is 15.9. The molecule has 1 aromatic carbocycles. The van der Waals surface area contributed by atoms with Crippen LogP contribution in [0.5, 0.6) is 0 Å². The zero-order valence-corrected chi connectivity index (χ0v) is 15.0. The van der Waals surface area contributed by atoms with Crippen LogP contribution in [-0.2, 0) is 11.3 Å². The monoisotopic (exact) mass is 367 g/mol. The van der Waals surface area contributed by atoms with Crippen molar-refractivity contribution in [2.45, 2.75) is 6.54 Å². The van der Waals surface area contributed by atoms with Crippen molar-refractivity contribution < 1.29 is 9.18 Å². The van der Waals surface area contributed by atoms with E-state index in [4.69, 9.17) is 0 Å². The first-order valence-electron chi connectivity index (χ1n) is 9.08. The van der Waals surface area contributed by atoms with E-state index in [1.54, 1.807) is 12.1 Å². The lowest BCUT2D eigenvalue weighted by Gasteiger charge is -2.33. The minimum absolute atomic E-state index is 0.116. The van der Waals surface area contributed by atoms with Crippen LogP contribution in [0.15, 0.2) is 54.9 Å². The molecule has 1 amide bonds. The minimum atomic E-state index is -0.353. The molecule has 0 radical (unpaired) electrons. The fraction of sp³-hybridized carbons (Fsp3) is 0.300. The van der Waals surface area contributed by atoms with Crippen LogP contribution in [0.4, 0.5) is 10.1 Å². The van der Waals surface area contributed by atoms with Crippen molar-refractivity contribution in [2.24, 2.45) is 0 Å². The summed E-state index contributed by atoms with van der Waals surface area (Å²) in [6.07, 6.45) is 4.06. The van der Waals surface area contributed by atoms with Gasteiger partial charge in [-0.25, -0.2) is 9.37 Å². The highest BCUT2D eigenvalue weighted by Gasteiger charge is 2.20. The van der Waals surface area contributed by atoms with E-state index in [2.05, 4.69) is 26.3 Å². The van der Waals surface area contributed by atoms with Crippen molar-refractivity contribution in [2.75, 3.05) is 38.0 Å². The highest BCUT2D eigenvalue weighted by atomic mass is 19.1. The van der Waals surface area contributed by atoms with Gasteiger partial charge in [-0.15, -0.1) is 0 Å². The molecule has 1 aliphatic heterocycles. The first kappa shape index (κ1) is 17.6. The van der Waals surface area contributed by atoms with Crippen LogP contribution in [0.1, 0.15) is 5.69 Å². The van der Waals surface area contributed by atoms with Gasteiger partial charge in [0.1, 0.15) is 11.5 Å². The number of hydrogen-bond acceptors (Lipinski definition) is 4. The molecule has 7 heteroatoms. The van der Waals surface area contributed by atoms with Crippen LogP contribution in [0.25, 0.3) is 5.65 Å². The van der Waals surface area contributed by atoms with Crippen molar-refractivity contribution in [3.05, 3.63) is 66.4 Å². The third-order valence-corrected chi connectivity index (χ3v) is 4.74. The maximum absolute atomic E-state index is 13.2. The number of nitrogens with one attached hydrogen (secondary N) is 1. The van der Waals surface area contributed by atoms with E-state index >= 15 is 0 Å². The van der Waals surface area contributed by atoms with Crippen LogP contribution in [0.2, 0.25) is 0 Å². The highest BCUT2D eigenvalue weighted by molar-refractivity contribution is 5.92. The topological polar surface area (TPSA) is 52.9 Å². The summed E-state index contributed by atoms with van der Waals surface area (Å²) in [5.41, 5.74) is 2.50. The van der Waals surface area contributed by atoms with Crippen molar-refractivity contribution in [3.63, 3.8) is 0 Å². The van der Waals surface area contributed by atoms with Crippen LogP contribution < -0.4 is 5.32 Å². The van der Waals surface area contributed by atoms with E-state index in [0.29, 0.717) is 12.2 Å². The number of pyridine rings is 1. The molecular formula is C20H22FN5O. The molecule has 0 spiro atoms. The summed E-state index contributed by atoms with van der Waals surface area (Å²) in [4.78, 5) is 21.3. The van der Waals surface area contributed by atoms with E-state index in [1.165, 1.54) is 12.1 Å². The molecule has 0 unspecified atom stereocenters. The third kappa shape index (κ3) is 4.50. The molecule has 3 heterocycles. The maximum Gasteiger partial charge on any atom is 0.238 e. The van der Waals surface area contributed by atoms with Gasteiger partial charge < -0.3 is 9.72 Å². The predicted octanol–water partition coefficient (Wildman–Crippen LogP) is 2.23. The molecule has 3 aromatic rings. The molecule has 0 aliphatic carbocycles. The van der Waals surface area contributed by atoms with Gasteiger partial charge in [0.25, 0.3) is 0 Å². The Hall–Kier alpha value is -2.77. The number of aromatic nitrogens is 2. The number of rotatable bonds is 5. The molecule has 1 fully saturated rings. The highest BCUT2D eigenvalue weighted by Crippen LogP contribution is 2.11. The van der Waals surface area contributed by atoms with E-state index < -0.39 is 0 Å². The number of piperazine rings is 1. The molecule has 0 bridgehead atoms. The fourth-order valence-electron chi connectivity index (χ4n) is 3.37. The maximum atomic E-state index is 13.2. The van der Waals surface area contributed by atoms with E-state index in [1.807, 2.05) is 28.8 Å². The van der Waals surface area contributed by atoms with Crippen LogP contribution in [-0.4, -0.2) is 57.8 Å². The SMILES string of the molecule is O=C(CN1CCN(Cc2cn3ccccc3n2)CC1)Nc1cccc(F)c1. The van der Waals surface area contributed by atoms with Crippen LogP contribution in [0.3, 0.4) is 0 Å². The van der Waals surface area contributed by atoms with Gasteiger partial charge >= 0.3 is 0 Å². The summed E-state index contributed by atoms with van der Waals surface area (Å²) >= 11 is 0. The Kier molecular flexibility index (Phi) is 5.13. The Bertz CT molecular complexity index is 900. The largest absolute Gasteiger partial charge is 0.325 e. The molecule has 0 atom stereocenters. The van der Waals surface area contributed by atoms with E-state index in [-0.39, 0.29) is 11.7 Å². The fourth-order valence-corrected chi connectivity index (χ4v) is 3.37. The molecule has 1 N–H and O–H groups in total. The Morgan fingerprint density at radius 1 is 1.07 bits per heavy atom. The number of halogens is 1. The summed E-state index contributed by atoms with van der Waals surface area (Å²) in [5.74, 6) is -0.470. The van der Waals surface area contributed by atoms with Crippen LogP contribution >= 0.6 is 0 Å². The molecule has 140 valence electrons. The van der Waals surface area contributed by atoms with Crippen LogP contribution in [0, 0.1) is 5.82 Å². The quantitative estimate of drug-likeness (QED) is 0.751. The average molecular weight is 367 g/mol. The molecular weight excluding hydrogens is 345 g/mol. The summed E-state index contributed by atoms with van der Waals surface area (Å²) in [6, 6.07) is 11.9. The zero-order valence-electron chi connectivity index (χ0n) is 15.0.